The second-order valence-corrected chi connectivity index (χ2v) is 27.9. The first-order chi connectivity index (χ1) is 55.7. The maximum atomic E-state index is 14.8. The summed E-state index contributed by atoms with van der Waals surface area (Å²) in [4.78, 5) is 18.0. The van der Waals surface area contributed by atoms with Crippen molar-refractivity contribution in [1.82, 2.24) is 0 Å². The molecule has 11 rings (SSSR count). The number of hydrogen-bond donors (Lipinski definition) is 5. The number of nitrogens with two attached hydrogens (primary N) is 1. The Kier molecular flexibility index (Phi) is 50.1. The number of ether oxygens (including phenoxy) is 18. The average Bonchev–Trinajstić information content (AvgIpc) is 1.58. The van der Waals surface area contributed by atoms with Crippen LogP contribution in [0.1, 0.15) is 53.7 Å². The number of hydrogen-bond acceptors (Lipinski definition) is 28. The number of benzene rings is 4. The summed E-state index contributed by atoms with van der Waals surface area (Å²) in [5.74, 6) is -1.26. The van der Waals surface area contributed by atoms with Gasteiger partial charge >= 0.3 is 0 Å². The van der Waals surface area contributed by atoms with Crippen LogP contribution >= 0.6 is 12.2 Å². The van der Waals surface area contributed by atoms with Gasteiger partial charge in [0.05, 0.1) is 190 Å². The van der Waals surface area contributed by atoms with Gasteiger partial charge in [0.25, 0.3) is 0 Å². The van der Waals surface area contributed by atoms with Crippen molar-refractivity contribution in [3.8, 4) is 0 Å². The lowest BCUT2D eigenvalue weighted by molar-refractivity contribution is -0.175. The summed E-state index contributed by atoms with van der Waals surface area (Å²) in [7, 11) is 12.9. The smallest absolute Gasteiger partial charge is 0.180 e. The highest BCUT2D eigenvalue weighted by Crippen LogP contribution is 2.48. The molecule has 0 aromatic heterocycles. The first-order valence-electron chi connectivity index (χ1n) is 38.0. The van der Waals surface area contributed by atoms with E-state index in [0.29, 0.717) is 132 Å². The number of epoxide rings is 1. The van der Waals surface area contributed by atoms with Gasteiger partial charge in [-0.2, -0.15) is 0 Å². The maximum absolute atomic E-state index is 14.8. The summed E-state index contributed by atoms with van der Waals surface area (Å²) in [5.41, 5.74) is 7.24. The molecule has 0 bridgehead atoms. The van der Waals surface area contributed by atoms with Crippen LogP contribution in [0.25, 0.3) is 0 Å². The van der Waals surface area contributed by atoms with Gasteiger partial charge in [0.15, 0.2) is 12.1 Å². The summed E-state index contributed by atoms with van der Waals surface area (Å²) < 4.78 is 137. The summed E-state index contributed by atoms with van der Waals surface area (Å²) >= 11 is 5.57. The number of thiocarbonyl (C=S) groups is 1. The van der Waals surface area contributed by atoms with Crippen molar-refractivity contribution in [2.24, 2.45) is 39.7 Å². The summed E-state index contributed by atoms with van der Waals surface area (Å²) in [6, 6.07) is 28.7. The molecule has 27 nitrogen and oxygen atoms in total. The molecule has 6 fully saturated rings. The van der Waals surface area contributed by atoms with E-state index >= 15 is 0 Å². The minimum absolute atomic E-state index is 0.00268. The Morgan fingerprint density at radius 1 is 0.591 bits per heavy atom. The number of methoxy groups -OCH3 is 8. The highest BCUT2D eigenvalue weighted by molar-refractivity contribution is 7.80. The first kappa shape index (κ1) is 101. The van der Waals surface area contributed by atoms with Crippen LogP contribution in [-0.4, -0.2) is 300 Å². The van der Waals surface area contributed by atoms with Gasteiger partial charge in [-0.05, 0) is 49.6 Å². The Morgan fingerprint density at radius 3 is 1.61 bits per heavy atom. The molecule has 115 heavy (non-hydrogen) atoms. The van der Waals surface area contributed by atoms with Gasteiger partial charge in [-0.15, -0.1) is 19.7 Å². The molecule has 4 aromatic carbocycles. The van der Waals surface area contributed by atoms with E-state index in [1.807, 2.05) is 32.0 Å². The highest BCUT2D eigenvalue weighted by Gasteiger charge is 2.56. The van der Waals surface area contributed by atoms with Gasteiger partial charge in [0.1, 0.15) is 30.2 Å². The van der Waals surface area contributed by atoms with Crippen LogP contribution in [0.4, 0.5) is 13.2 Å². The Labute approximate surface area is 681 Å². The third-order valence-electron chi connectivity index (χ3n) is 19.5. The van der Waals surface area contributed by atoms with E-state index < -0.39 is 23.0 Å². The molecule has 0 spiro atoms. The van der Waals surface area contributed by atoms with Gasteiger partial charge in [0, 0.05) is 122 Å². The van der Waals surface area contributed by atoms with Crippen LogP contribution in [0.15, 0.2) is 151 Å². The second kappa shape index (κ2) is 57.0. The van der Waals surface area contributed by atoms with Gasteiger partial charge in [-0.3, -0.25) is 4.79 Å². The maximum Gasteiger partial charge on any atom is 0.180 e. The van der Waals surface area contributed by atoms with Crippen LogP contribution in [-0.2, 0) is 106 Å². The van der Waals surface area contributed by atoms with Crippen molar-refractivity contribution < 1.29 is 129 Å². The molecule has 15 atom stereocenters. The Morgan fingerprint density at radius 2 is 1.10 bits per heavy atom. The number of oxime groups is 2. The molecule has 6 N–H and O–H groups in total. The molecule has 6 saturated heterocycles. The molecule has 7 heterocycles. The standard InChI is InChI=1S/C23H25FO4S.C14H17FO3.C13H18FNO3.C11H22O4.C7H11NO3.C7H13NO3.C5H10O2.C4H8O2/c1-27-14-22-19(13-25)23(15-28-22,18-9-5-6-10-20(18)24)12-17(29)11-21(26)16-7-3-2-4-8-16;1-16-7-13-11-6-17-8-14(11,9-18-13)10-4-2-3-5-12(10)15;1-17-7-12-10(6-16)13(15,8-18-12)9-4-2-3-5-11(9)14;1-5-10(8-12-4)15-9-11(13-6-2)14-7-3;1-9-4-7-5-2-11-8-6(5)3-10-7;1-3-7(6-10-2)11-5-4-8-9;1-3-5(6)4-7-2;1-5-2-4-3-6-4/h2-10,19,22,25H,11-15H2,1H3;2-5,11,13H,6-9H2,1H3;2-5,10,12,16H,6-8,15H2,1H3;5,10-11H,1,6-9H2,2-4H3;5,7H,2-4H2,1H3;3-4,7,9H,1,5-6H2,2H3;3,5-6H,1,4H2,2H3;4H,2-3H2,1H3/b;;;;;8-4-;;/t19-,22-,23+;11-,13-,14+;10-,12-,13-;;5-,7+;;;/m111.0.../s1. The number of ketones is 1. The molecule has 4 aromatic rings. The molecule has 31 heteroatoms. The van der Waals surface area contributed by atoms with E-state index in [1.54, 1.807) is 129 Å². The number of halogens is 3. The van der Waals surface area contributed by atoms with E-state index in [4.69, 9.17) is 114 Å². The van der Waals surface area contributed by atoms with Crippen molar-refractivity contribution in [1.29, 1.82) is 0 Å². The van der Waals surface area contributed by atoms with Crippen LogP contribution in [0.5, 0.6) is 0 Å². The number of fused-ring (bicyclic) bond motifs is 2. The van der Waals surface area contributed by atoms with Crippen LogP contribution in [0, 0.1) is 41.1 Å². The monoisotopic (exact) mass is 1650 g/mol. The Hall–Kier alpha value is -6.29. The number of Topliss-reactive ketones (excluding diaryl/α,β-unsaturated/α-hetero) is 1. The zero-order valence-electron chi connectivity index (χ0n) is 68.2. The van der Waals surface area contributed by atoms with Gasteiger partial charge < -0.3 is 116 Å². The summed E-state index contributed by atoms with van der Waals surface area (Å²) in [6.07, 6.45) is 5.20. The third-order valence-corrected chi connectivity index (χ3v) is 19.8. The summed E-state index contributed by atoms with van der Waals surface area (Å²) in [6.45, 7) is 23.9. The van der Waals surface area contributed by atoms with Gasteiger partial charge in [-0.25, -0.2) is 13.2 Å². The topological polar surface area (TPSA) is 327 Å². The Balaban J connectivity index is 0.000000289. The normalized spacial score (nSPS) is 25.2. The predicted molar refractivity (Wildman–Crippen MR) is 430 cm³/mol. The van der Waals surface area contributed by atoms with E-state index in [2.05, 4.69) is 34.8 Å². The van der Waals surface area contributed by atoms with Crippen molar-refractivity contribution in [2.45, 2.75) is 98.2 Å². The molecule has 7 aliphatic rings. The van der Waals surface area contributed by atoms with Crippen molar-refractivity contribution in [2.75, 3.05) is 202 Å². The minimum Gasteiger partial charge on any atom is -0.411 e. The zero-order chi connectivity index (χ0) is 84.4. The molecule has 0 radical (unpaired) electrons. The molecule has 0 amide bonds. The van der Waals surface area contributed by atoms with E-state index in [0.717, 1.165) is 18.9 Å². The number of nitrogens with zero attached hydrogens (tertiary/aromatic N) is 2. The van der Waals surface area contributed by atoms with Crippen molar-refractivity contribution in [3.05, 3.63) is 181 Å². The highest BCUT2D eigenvalue weighted by atomic mass is 32.1. The second-order valence-electron chi connectivity index (χ2n) is 27.3. The van der Waals surface area contributed by atoms with Gasteiger partial charge in [-0.1, -0.05) is 126 Å². The SMILES string of the molecule is C=CC(COC)OC/C=N\O.C=CC(COC)OCC(OCC)OCC.C=CC(O)COC.COCC1CO1.COC[C@H]1OCC2=NOC[C@@H]21.COC[C@H]1OC[C@@](CC(=S)CC(=O)c2ccccc2)(c2ccccc2F)[C@@H]1CO.COC[C@H]1OC[C@@](N)(c2ccccc2F)[C@@H]1CO.COC[C@H]1OC[C@]2(c3ccccc3F)COC[C@H]12. The van der Waals surface area contributed by atoms with Crippen LogP contribution in [0.2, 0.25) is 0 Å². The molecule has 0 aliphatic carbocycles. The summed E-state index contributed by atoms with van der Waals surface area (Å²) in [5, 5.41) is 42.9. The lowest BCUT2D eigenvalue weighted by Crippen LogP contribution is -2.48. The van der Waals surface area contributed by atoms with Crippen molar-refractivity contribution >= 4 is 34.8 Å². The van der Waals surface area contributed by atoms with E-state index in [1.165, 1.54) is 37.6 Å². The van der Waals surface area contributed by atoms with E-state index in [-0.39, 0.29) is 136 Å². The fourth-order valence-electron chi connectivity index (χ4n) is 13.5. The fourth-order valence-corrected chi connectivity index (χ4v) is 13.9. The molecular formula is C84H124F3N3O24S. The van der Waals surface area contributed by atoms with Crippen molar-refractivity contribution in [3.63, 3.8) is 0 Å². The quantitative estimate of drug-likeness (QED) is 0.00408. The number of carbonyl (C=O) groups excluding carboxylic acids is 1. The lowest BCUT2D eigenvalue weighted by Gasteiger charge is -2.35. The molecule has 7 aliphatic heterocycles. The van der Waals surface area contributed by atoms with Crippen LogP contribution in [0.3, 0.4) is 0 Å². The molecular weight excluding hydrogens is 1520 g/mol. The predicted octanol–water partition coefficient (Wildman–Crippen LogP) is 8.65. The first-order valence-corrected chi connectivity index (χ1v) is 38.4. The zero-order valence-corrected chi connectivity index (χ0v) is 69.0. The number of aliphatic hydroxyl groups is 3. The molecule has 0 saturated carbocycles. The lowest BCUT2D eigenvalue weighted by atomic mass is 9.67. The number of rotatable bonds is 39. The number of carbonyl (C=O) groups is 1. The molecule has 646 valence electrons. The van der Waals surface area contributed by atoms with Gasteiger partial charge in [0.2, 0.25) is 0 Å². The largest absolute Gasteiger partial charge is 0.411 e. The van der Waals surface area contributed by atoms with E-state index in [9.17, 15) is 28.2 Å². The Bertz CT molecular complexity index is 3400. The fraction of sp³-hybridized carbons (Fsp3) is 0.595. The average molecular weight is 1650 g/mol. The van der Waals surface area contributed by atoms with Crippen LogP contribution < -0.4 is 5.73 Å². The molecule has 4 unspecified atom stereocenters. The number of aliphatic hydroxyl groups excluding tert-OH is 3. The minimum atomic E-state index is -1.01. The third kappa shape index (κ3) is 32.4.